The zero-order valence-corrected chi connectivity index (χ0v) is 9.20. The van der Waals surface area contributed by atoms with Crippen LogP contribution in [0.2, 0.25) is 0 Å². The van der Waals surface area contributed by atoms with E-state index in [9.17, 15) is 9.59 Å². The molecule has 2 aliphatic rings. The predicted molar refractivity (Wildman–Crippen MR) is 51.5 cm³/mol. The largest absolute Gasteiger partial charge is 0.444 e. The summed E-state index contributed by atoms with van der Waals surface area (Å²) in [7, 11) is 0. The monoisotopic (exact) mass is 213 g/mol. The molecule has 2 fully saturated rings. The summed E-state index contributed by atoms with van der Waals surface area (Å²) >= 11 is 0. The molecule has 0 aromatic rings. The number of hydrogen-bond acceptors (Lipinski definition) is 4. The average Bonchev–Trinajstić information content (AvgIpc) is 1.95. The highest BCUT2D eigenvalue weighted by atomic mass is 16.6. The van der Waals surface area contributed by atoms with Crippen LogP contribution in [-0.4, -0.2) is 47.7 Å². The molecule has 5 nitrogen and oxygen atoms in total. The standard InChI is InChI=1S/C10H15NO4/c1-9(2,3)15-8(13)11-5-10(6-11)7(12)4-14-10/h4-6H2,1-3H3. The lowest BCUT2D eigenvalue weighted by atomic mass is 9.85. The molecule has 0 N–H and O–H groups in total. The smallest absolute Gasteiger partial charge is 0.410 e. The third-order valence-corrected chi connectivity index (χ3v) is 2.53. The molecule has 5 heteroatoms. The second-order valence-electron chi connectivity index (χ2n) is 5.04. The van der Waals surface area contributed by atoms with Gasteiger partial charge in [-0.1, -0.05) is 0 Å². The lowest BCUT2D eigenvalue weighted by Crippen LogP contribution is -2.75. The van der Waals surface area contributed by atoms with Gasteiger partial charge in [-0.3, -0.25) is 4.79 Å². The normalized spacial score (nSPS) is 23.4. The summed E-state index contributed by atoms with van der Waals surface area (Å²) in [4.78, 5) is 24.2. The van der Waals surface area contributed by atoms with Crippen molar-refractivity contribution in [3.63, 3.8) is 0 Å². The van der Waals surface area contributed by atoms with Crippen molar-refractivity contribution in [2.24, 2.45) is 0 Å². The van der Waals surface area contributed by atoms with Gasteiger partial charge in [0.2, 0.25) is 0 Å². The molecule has 2 heterocycles. The van der Waals surface area contributed by atoms with Crippen LogP contribution >= 0.6 is 0 Å². The molecule has 0 radical (unpaired) electrons. The van der Waals surface area contributed by atoms with Crippen LogP contribution < -0.4 is 0 Å². The van der Waals surface area contributed by atoms with E-state index in [-0.39, 0.29) is 18.5 Å². The number of hydrogen-bond donors (Lipinski definition) is 0. The summed E-state index contributed by atoms with van der Waals surface area (Å²) in [6.07, 6.45) is -0.378. The Kier molecular flexibility index (Phi) is 2.05. The quantitative estimate of drug-likeness (QED) is 0.590. The molecule has 0 unspecified atom stereocenters. The van der Waals surface area contributed by atoms with E-state index in [2.05, 4.69) is 0 Å². The van der Waals surface area contributed by atoms with Crippen molar-refractivity contribution in [1.82, 2.24) is 4.90 Å². The van der Waals surface area contributed by atoms with E-state index in [1.165, 1.54) is 4.90 Å². The molecular weight excluding hydrogens is 198 g/mol. The minimum absolute atomic E-state index is 0.0855. The summed E-state index contributed by atoms with van der Waals surface area (Å²) in [5.41, 5.74) is -1.18. The second kappa shape index (κ2) is 2.95. The van der Waals surface area contributed by atoms with Crippen LogP contribution in [0.5, 0.6) is 0 Å². The molecule has 0 bridgehead atoms. The zero-order chi connectivity index (χ0) is 11.3. The molecular formula is C10H15NO4. The molecule has 2 aliphatic heterocycles. The maximum atomic E-state index is 11.5. The Balaban J connectivity index is 1.84. The Morgan fingerprint density at radius 1 is 1.47 bits per heavy atom. The van der Waals surface area contributed by atoms with Crippen molar-refractivity contribution >= 4 is 11.9 Å². The van der Waals surface area contributed by atoms with Gasteiger partial charge in [0.25, 0.3) is 0 Å². The molecule has 0 aliphatic carbocycles. The number of carbonyl (C=O) groups excluding carboxylic acids is 2. The van der Waals surface area contributed by atoms with Crippen molar-refractivity contribution in [2.45, 2.75) is 32.0 Å². The van der Waals surface area contributed by atoms with E-state index in [4.69, 9.17) is 9.47 Å². The van der Waals surface area contributed by atoms with Gasteiger partial charge in [-0.05, 0) is 20.8 Å². The summed E-state index contributed by atoms with van der Waals surface area (Å²) in [6.45, 7) is 6.28. The molecule has 0 atom stereocenters. The Morgan fingerprint density at radius 3 is 2.40 bits per heavy atom. The lowest BCUT2D eigenvalue weighted by Gasteiger charge is -2.52. The van der Waals surface area contributed by atoms with Crippen molar-refractivity contribution in [3.05, 3.63) is 0 Å². The van der Waals surface area contributed by atoms with E-state index >= 15 is 0 Å². The lowest BCUT2D eigenvalue weighted by molar-refractivity contribution is -0.207. The Morgan fingerprint density at radius 2 is 2.07 bits per heavy atom. The van der Waals surface area contributed by atoms with Crippen LogP contribution in [0.1, 0.15) is 20.8 Å². The molecule has 1 amide bonds. The fourth-order valence-corrected chi connectivity index (χ4v) is 1.63. The van der Waals surface area contributed by atoms with E-state index < -0.39 is 11.2 Å². The van der Waals surface area contributed by atoms with Crippen LogP contribution in [0.15, 0.2) is 0 Å². The predicted octanol–water partition coefficient (Wildman–Crippen LogP) is 0.575. The number of amides is 1. The second-order valence-corrected chi connectivity index (χ2v) is 5.04. The van der Waals surface area contributed by atoms with Crippen LogP contribution in [0.25, 0.3) is 0 Å². The van der Waals surface area contributed by atoms with E-state index in [1.807, 2.05) is 20.8 Å². The third kappa shape index (κ3) is 1.71. The van der Waals surface area contributed by atoms with Crippen molar-refractivity contribution in [1.29, 1.82) is 0 Å². The van der Waals surface area contributed by atoms with Crippen molar-refractivity contribution in [2.75, 3.05) is 19.7 Å². The van der Waals surface area contributed by atoms with Gasteiger partial charge in [0.1, 0.15) is 12.2 Å². The number of ketones is 1. The van der Waals surface area contributed by atoms with Gasteiger partial charge in [-0.25, -0.2) is 4.79 Å². The van der Waals surface area contributed by atoms with Crippen molar-refractivity contribution in [3.8, 4) is 0 Å². The van der Waals surface area contributed by atoms with Crippen LogP contribution in [0, 0.1) is 0 Å². The van der Waals surface area contributed by atoms with Gasteiger partial charge in [-0.15, -0.1) is 0 Å². The van der Waals surface area contributed by atoms with E-state index in [0.29, 0.717) is 13.1 Å². The van der Waals surface area contributed by atoms with Gasteiger partial charge in [0.15, 0.2) is 11.4 Å². The first kappa shape index (κ1) is 10.4. The minimum Gasteiger partial charge on any atom is -0.444 e. The molecule has 1 spiro atoms. The molecule has 0 saturated carbocycles. The molecule has 0 aromatic heterocycles. The highest BCUT2D eigenvalue weighted by Gasteiger charge is 2.58. The van der Waals surface area contributed by atoms with Crippen molar-refractivity contribution < 1.29 is 19.1 Å². The Labute approximate surface area is 88.3 Å². The van der Waals surface area contributed by atoms with Gasteiger partial charge < -0.3 is 14.4 Å². The topological polar surface area (TPSA) is 55.8 Å². The molecule has 2 saturated heterocycles. The molecule has 84 valence electrons. The fraction of sp³-hybridized carbons (Fsp3) is 0.800. The summed E-state index contributed by atoms with van der Waals surface area (Å²) in [6, 6.07) is 0. The minimum atomic E-state index is -0.684. The third-order valence-electron chi connectivity index (χ3n) is 2.53. The van der Waals surface area contributed by atoms with Crippen LogP contribution in [-0.2, 0) is 14.3 Å². The van der Waals surface area contributed by atoms with E-state index in [1.54, 1.807) is 0 Å². The van der Waals surface area contributed by atoms with E-state index in [0.717, 1.165) is 0 Å². The van der Waals surface area contributed by atoms with Gasteiger partial charge in [0.05, 0.1) is 13.1 Å². The molecule has 0 aromatic carbocycles. The maximum absolute atomic E-state index is 11.5. The highest BCUT2D eigenvalue weighted by Crippen LogP contribution is 2.33. The first-order chi connectivity index (χ1) is 6.82. The summed E-state index contributed by atoms with van der Waals surface area (Å²) in [5.74, 6) is 0.0855. The number of carbonyl (C=O) groups is 2. The fourth-order valence-electron chi connectivity index (χ4n) is 1.63. The number of ether oxygens (including phenoxy) is 2. The number of likely N-dealkylation sites (tertiary alicyclic amines) is 1. The summed E-state index contributed by atoms with van der Waals surface area (Å²) < 4.78 is 10.3. The molecule has 15 heavy (non-hydrogen) atoms. The Hall–Kier alpha value is -1.10. The first-order valence-corrected chi connectivity index (χ1v) is 4.98. The SMILES string of the molecule is CC(C)(C)OC(=O)N1CC2(C1)OCC2=O. The number of nitrogens with zero attached hydrogens (tertiary/aromatic N) is 1. The number of Topliss-reactive ketones (excluding diaryl/α,β-unsaturated/α-hetero) is 1. The maximum Gasteiger partial charge on any atom is 0.410 e. The number of rotatable bonds is 0. The van der Waals surface area contributed by atoms with Gasteiger partial charge >= 0.3 is 6.09 Å². The molecule has 2 rings (SSSR count). The first-order valence-electron chi connectivity index (χ1n) is 4.98. The van der Waals surface area contributed by atoms with Crippen LogP contribution in [0.4, 0.5) is 4.79 Å². The average molecular weight is 213 g/mol. The zero-order valence-electron chi connectivity index (χ0n) is 9.20. The van der Waals surface area contributed by atoms with Gasteiger partial charge in [-0.2, -0.15) is 0 Å². The summed E-state index contributed by atoms with van der Waals surface area (Å²) in [5, 5.41) is 0. The highest BCUT2D eigenvalue weighted by molar-refractivity contribution is 5.95. The van der Waals surface area contributed by atoms with Gasteiger partial charge in [0, 0.05) is 0 Å². The Bertz CT molecular complexity index is 312. The van der Waals surface area contributed by atoms with Crippen LogP contribution in [0.3, 0.4) is 0 Å².